The first-order valence-electron chi connectivity index (χ1n) is 6.07. The number of hydrogen-bond donors (Lipinski definition) is 2. The van der Waals surface area contributed by atoms with Crippen molar-refractivity contribution in [3.05, 3.63) is 29.7 Å². The van der Waals surface area contributed by atoms with Crippen LogP contribution in [0.15, 0.2) is 18.5 Å². The molecule has 2 aromatic heterocycles. The molecule has 19 heavy (non-hydrogen) atoms. The van der Waals surface area contributed by atoms with E-state index in [-0.39, 0.29) is 0 Å². The first-order chi connectivity index (χ1) is 9.26. The number of hydrogen-bond acceptors (Lipinski definition) is 6. The summed E-state index contributed by atoms with van der Waals surface area (Å²) in [7, 11) is 0. The molecule has 0 aliphatic heterocycles. The molecule has 0 saturated carbocycles. The Bertz CT molecular complexity index is 568. The van der Waals surface area contributed by atoms with Gasteiger partial charge in [-0.3, -0.25) is 9.78 Å². The highest BCUT2D eigenvalue weighted by atomic mass is 32.1. The van der Waals surface area contributed by atoms with Crippen LogP contribution in [-0.2, 0) is 0 Å². The Kier molecular flexibility index (Phi) is 4.59. The van der Waals surface area contributed by atoms with E-state index in [9.17, 15) is 4.79 Å². The Morgan fingerprint density at radius 1 is 1.47 bits per heavy atom. The number of rotatable bonds is 6. The van der Waals surface area contributed by atoms with E-state index in [1.165, 1.54) is 11.3 Å². The van der Waals surface area contributed by atoms with E-state index in [4.69, 9.17) is 5.73 Å². The normalized spacial score (nSPS) is 10.4. The lowest BCUT2D eigenvalue weighted by atomic mass is 10.1. The summed E-state index contributed by atoms with van der Waals surface area (Å²) in [4.78, 5) is 20.5. The van der Waals surface area contributed by atoms with Crippen molar-refractivity contribution in [2.75, 3.05) is 18.4 Å². The standard InChI is InChI=1S/C13H16N4OS/c1-9-11(8-18)10(3-6-15-9)12-7-17-13(19-12)16-5-2-4-14/h3,6-8H,2,4-5,14H2,1H3,(H,16,17). The van der Waals surface area contributed by atoms with Crippen LogP contribution in [0.3, 0.4) is 0 Å². The van der Waals surface area contributed by atoms with Gasteiger partial charge in [-0.25, -0.2) is 4.98 Å². The Hall–Kier alpha value is -1.79. The molecular formula is C13H16N4OS. The predicted octanol–water partition coefficient (Wildman–Crippen LogP) is 2.09. The van der Waals surface area contributed by atoms with Gasteiger partial charge < -0.3 is 11.1 Å². The number of pyridine rings is 1. The fourth-order valence-corrected chi connectivity index (χ4v) is 2.60. The van der Waals surface area contributed by atoms with Crippen molar-refractivity contribution in [1.29, 1.82) is 0 Å². The van der Waals surface area contributed by atoms with Crippen molar-refractivity contribution >= 4 is 22.8 Å². The van der Waals surface area contributed by atoms with Gasteiger partial charge in [0.25, 0.3) is 0 Å². The van der Waals surface area contributed by atoms with Gasteiger partial charge in [-0.15, -0.1) is 0 Å². The van der Waals surface area contributed by atoms with Gasteiger partial charge in [0.1, 0.15) is 0 Å². The Balaban J connectivity index is 2.23. The second kappa shape index (κ2) is 6.40. The summed E-state index contributed by atoms with van der Waals surface area (Å²) in [5, 5.41) is 4.05. The first-order valence-corrected chi connectivity index (χ1v) is 6.89. The number of carbonyl (C=O) groups excluding carboxylic acids is 1. The molecular weight excluding hydrogens is 260 g/mol. The van der Waals surface area contributed by atoms with E-state index < -0.39 is 0 Å². The quantitative estimate of drug-likeness (QED) is 0.623. The number of aldehydes is 1. The van der Waals surface area contributed by atoms with Crippen LogP contribution in [0.2, 0.25) is 0 Å². The number of aromatic nitrogens is 2. The first kappa shape index (κ1) is 13.6. The smallest absolute Gasteiger partial charge is 0.183 e. The van der Waals surface area contributed by atoms with Crippen LogP contribution in [-0.4, -0.2) is 29.3 Å². The minimum Gasteiger partial charge on any atom is -0.361 e. The second-order valence-electron chi connectivity index (χ2n) is 4.07. The molecule has 0 saturated heterocycles. The fourth-order valence-electron chi connectivity index (χ4n) is 1.72. The van der Waals surface area contributed by atoms with Gasteiger partial charge in [0.2, 0.25) is 0 Å². The summed E-state index contributed by atoms with van der Waals surface area (Å²) in [5.41, 5.74) is 7.68. The number of anilines is 1. The summed E-state index contributed by atoms with van der Waals surface area (Å²) in [6, 6.07) is 1.84. The van der Waals surface area contributed by atoms with Gasteiger partial charge >= 0.3 is 0 Å². The Morgan fingerprint density at radius 3 is 3.05 bits per heavy atom. The lowest BCUT2D eigenvalue weighted by Crippen LogP contribution is -2.07. The van der Waals surface area contributed by atoms with E-state index in [0.29, 0.717) is 12.1 Å². The molecule has 0 bridgehead atoms. The number of nitrogens with one attached hydrogen (secondary N) is 1. The molecule has 2 heterocycles. The average Bonchev–Trinajstić information content (AvgIpc) is 2.87. The second-order valence-corrected chi connectivity index (χ2v) is 5.10. The molecule has 0 amide bonds. The maximum Gasteiger partial charge on any atom is 0.183 e. The van der Waals surface area contributed by atoms with Crippen molar-refractivity contribution in [1.82, 2.24) is 9.97 Å². The highest BCUT2D eigenvalue weighted by molar-refractivity contribution is 7.18. The zero-order chi connectivity index (χ0) is 13.7. The molecule has 0 fully saturated rings. The lowest BCUT2D eigenvalue weighted by Gasteiger charge is -2.03. The topological polar surface area (TPSA) is 80.9 Å². The van der Waals surface area contributed by atoms with Crippen molar-refractivity contribution in [3.63, 3.8) is 0 Å². The molecule has 0 aliphatic rings. The molecule has 100 valence electrons. The van der Waals surface area contributed by atoms with E-state index in [0.717, 1.165) is 40.5 Å². The average molecular weight is 276 g/mol. The minimum atomic E-state index is 0.625. The van der Waals surface area contributed by atoms with Gasteiger partial charge in [-0.05, 0) is 26.0 Å². The lowest BCUT2D eigenvalue weighted by molar-refractivity contribution is 0.112. The van der Waals surface area contributed by atoms with Crippen LogP contribution in [0, 0.1) is 6.92 Å². The molecule has 0 unspecified atom stereocenters. The minimum absolute atomic E-state index is 0.625. The van der Waals surface area contributed by atoms with E-state index >= 15 is 0 Å². The summed E-state index contributed by atoms with van der Waals surface area (Å²) in [5.74, 6) is 0. The van der Waals surface area contributed by atoms with Gasteiger partial charge in [0.05, 0.1) is 4.88 Å². The van der Waals surface area contributed by atoms with Crippen LogP contribution in [0.4, 0.5) is 5.13 Å². The summed E-state index contributed by atoms with van der Waals surface area (Å²) < 4.78 is 0. The van der Waals surface area contributed by atoms with E-state index in [2.05, 4.69) is 15.3 Å². The maximum absolute atomic E-state index is 11.2. The van der Waals surface area contributed by atoms with Crippen molar-refractivity contribution in [2.45, 2.75) is 13.3 Å². The Morgan fingerprint density at radius 2 is 2.32 bits per heavy atom. The van der Waals surface area contributed by atoms with Gasteiger partial charge in [0.15, 0.2) is 11.4 Å². The molecule has 0 aromatic carbocycles. The van der Waals surface area contributed by atoms with E-state index in [1.54, 1.807) is 12.4 Å². The highest BCUT2D eigenvalue weighted by Gasteiger charge is 2.11. The van der Waals surface area contributed by atoms with Crippen LogP contribution < -0.4 is 11.1 Å². The zero-order valence-electron chi connectivity index (χ0n) is 10.7. The predicted molar refractivity (Wildman–Crippen MR) is 77.6 cm³/mol. The Labute approximate surface area is 115 Å². The molecule has 0 spiro atoms. The van der Waals surface area contributed by atoms with E-state index in [1.807, 2.05) is 13.0 Å². The summed E-state index contributed by atoms with van der Waals surface area (Å²) >= 11 is 1.52. The molecule has 5 nitrogen and oxygen atoms in total. The molecule has 6 heteroatoms. The van der Waals surface area contributed by atoms with Crippen molar-refractivity contribution in [2.24, 2.45) is 5.73 Å². The third-order valence-corrected chi connectivity index (χ3v) is 3.72. The molecule has 3 N–H and O–H groups in total. The van der Waals surface area contributed by atoms with Crippen molar-refractivity contribution in [3.8, 4) is 10.4 Å². The fraction of sp³-hybridized carbons (Fsp3) is 0.308. The van der Waals surface area contributed by atoms with Gasteiger partial charge in [-0.1, -0.05) is 11.3 Å². The zero-order valence-corrected chi connectivity index (χ0v) is 11.5. The molecule has 0 aliphatic carbocycles. The molecule has 2 rings (SSSR count). The monoisotopic (exact) mass is 276 g/mol. The van der Waals surface area contributed by atoms with Crippen LogP contribution in [0.25, 0.3) is 10.4 Å². The highest BCUT2D eigenvalue weighted by Crippen LogP contribution is 2.31. The number of carbonyl (C=O) groups is 1. The van der Waals surface area contributed by atoms with Gasteiger partial charge in [-0.2, -0.15) is 0 Å². The number of aryl methyl sites for hydroxylation is 1. The van der Waals surface area contributed by atoms with Crippen LogP contribution in [0.5, 0.6) is 0 Å². The summed E-state index contributed by atoms with van der Waals surface area (Å²) in [6.07, 6.45) is 5.23. The summed E-state index contributed by atoms with van der Waals surface area (Å²) in [6.45, 7) is 3.29. The SMILES string of the molecule is Cc1nccc(-c2cnc(NCCCN)s2)c1C=O. The number of nitrogens with zero attached hydrogens (tertiary/aromatic N) is 2. The van der Waals surface area contributed by atoms with Gasteiger partial charge in [0, 0.05) is 35.8 Å². The number of nitrogens with two attached hydrogens (primary N) is 1. The molecule has 0 atom stereocenters. The molecule has 0 radical (unpaired) electrons. The molecule has 2 aromatic rings. The largest absolute Gasteiger partial charge is 0.361 e. The third kappa shape index (κ3) is 3.15. The van der Waals surface area contributed by atoms with Crippen molar-refractivity contribution < 1.29 is 4.79 Å². The third-order valence-electron chi connectivity index (χ3n) is 2.74. The van der Waals surface area contributed by atoms with Crippen LogP contribution >= 0.6 is 11.3 Å². The number of thiazole rings is 1. The van der Waals surface area contributed by atoms with Crippen LogP contribution in [0.1, 0.15) is 22.5 Å². The maximum atomic E-state index is 11.2.